The van der Waals surface area contributed by atoms with E-state index in [-0.39, 0.29) is 11.3 Å². The molecule has 37 heavy (non-hydrogen) atoms. The van der Waals surface area contributed by atoms with Crippen LogP contribution in [0.3, 0.4) is 0 Å². The molecule has 192 valence electrons. The summed E-state index contributed by atoms with van der Waals surface area (Å²) in [6.45, 7) is 3.76. The average Bonchev–Trinajstić information content (AvgIpc) is 3.16. The molecule has 3 aromatic rings. The van der Waals surface area contributed by atoms with Crippen LogP contribution in [0.2, 0.25) is 0 Å². The number of rotatable bonds is 10. The van der Waals surface area contributed by atoms with Crippen LogP contribution in [0.15, 0.2) is 84.4 Å². The minimum atomic E-state index is -0.713. The van der Waals surface area contributed by atoms with Gasteiger partial charge >= 0.3 is 0 Å². The predicted octanol–water partition coefficient (Wildman–Crippen LogP) is 4.65. The lowest BCUT2D eigenvalue weighted by Crippen LogP contribution is -2.35. The third-order valence-corrected chi connectivity index (χ3v) is 6.21. The molecule has 0 radical (unpaired) electrons. The van der Waals surface area contributed by atoms with Gasteiger partial charge in [0.05, 0.1) is 18.2 Å². The van der Waals surface area contributed by atoms with E-state index < -0.39 is 17.7 Å². The number of hydrogen-bond acceptors (Lipinski definition) is 6. The number of Topliss-reactive ketones (excluding diaryl/α,β-unsaturated/α-hetero) is 1. The van der Waals surface area contributed by atoms with Crippen LogP contribution in [0.4, 0.5) is 0 Å². The number of amides is 1. The average molecular weight is 501 g/mol. The molecular formula is C30H32N2O5. The molecule has 1 N–H and O–H groups in total. The first-order valence-corrected chi connectivity index (χ1v) is 12.3. The van der Waals surface area contributed by atoms with Gasteiger partial charge in [0.25, 0.3) is 11.7 Å². The first kappa shape index (κ1) is 26.0. The number of likely N-dealkylation sites (tertiary alicyclic amines) is 1. The normalized spacial score (nSPS) is 16.9. The number of carbonyl (C=O) groups excluding carboxylic acids is 2. The number of likely N-dealkylation sites (N-methyl/N-ethyl adjacent to an activating group) is 1. The molecular weight excluding hydrogens is 468 g/mol. The van der Waals surface area contributed by atoms with Gasteiger partial charge in [-0.2, -0.15) is 0 Å². The molecule has 0 aromatic heterocycles. The molecule has 1 aliphatic rings. The van der Waals surface area contributed by atoms with Gasteiger partial charge in [-0.3, -0.25) is 9.59 Å². The standard InChI is InChI=1S/C30H32N2O5/c1-4-36-24-16-12-23(13-17-24)28(33)26-27(32(19-18-31(2)3)30(35)29(26)34)22-10-14-25(15-11-22)37-20-21-8-6-5-7-9-21/h5-17,27,33H,4,18-20H2,1-3H3/b28-26+. The van der Waals surface area contributed by atoms with E-state index in [4.69, 9.17) is 9.47 Å². The summed E-state index contributed by atoms with van der Waals surface area (Å²) in [6.07, 6.45) is 0. The van der Waals surface area contributed by atoms with E-state index in [2.05, 4.69) is 0 Å². The number of ketones is 1. The monoisotopic (exact) mass is 500 g/mol. The van der Waals surface area contributed by atoms with Crippen LogP contribution < -0.4 is 9.47 Å². The van der Waals surface area contributed by atoms with E-state index in [0.29, 0.717) is 43.4 Å². The summed E-state index contributed by atoms with van der Waals surface area (Å²) in [6, 6.07) is 23.3. The van der Waals surface area contributed by atoms with Crippen molar-refractivity contribution >= 4 is 17.4 Å². The van der Waals surface area contributed by atoms with Crippen molar-refractivity contribution in [2.75, 3.05) is 33.8 Å². The number of aliphatic hydroxyl groups is 1. The Balaban J connectivity index is 1.66. The fourth-order valence-corrected chi connectivity index (χ4v) is 4.28. The summed E-state index contributed by atoms with van der Waals surface area (Å²) < 4.78 is 11.4. The van der Waals surface area contributed by atoms with E-state index in [1.807, 2.05) is 80.5 Å². The van der Waals surface area contributed by atoms with Crippen LogP contribution in [0.5, 0.6) is 11.5 Å². The van der Waals surface area contributed by atoms with E-state index in [9.17, 15) is 14.7 Å². The van der Waals surface area contributed by atoms with Crippen molar-refractivity contribution in [3.05, 3.63) is 101 Å². The number of nitrogens with zero attached hydrogens (tertiary/aromatic N) is 2. The van der Waals surface area contributed by atoms with Crippen molar-refractivity contribution in [3.8, 4) is 11.5 Å². The molecule has 0 aliphatic carbocycles. The molecule has 7 nitrogen and oxygen atoms in total. The van der Waals surface area contributed by atoms with Crippen LogP contribution in [-0.4, -0.2) is 60.4 Å². The van der Waals surface area contributed by atoms with E-state index in [0.717, 1.165) is 11.1 Å². The molecule has 0 saturated carbocycles. The van der Waals surface area contributed by atoms with Gasteiger partial charge in [0.15, 0.2) is 0 Å². The summed E-state index contributed by atoms with van der Waals surface area (Å²) in [5, 5.41) is 11.2. The van der Waals surface area contributed by atoms with Gasteiger partial charge in [-0.1, -0.05) is 42.5 Å². The fourth-order valence-electron chi connectivity index (χ4n) is 4.28. The van der Waals surface area contributed by atoms with Gasteiger partial charge in [-0.05, 0) is 68.5 Å². The Morgan fingerprint density at radius 2 is 1.51 bits per heavy atom. The second-order valence-electron chi connectivity index (χ2n) is 9.10. The topological polar surface area (TPSA) is 79.3 Å². The smallest absolute Gasteiger partial charge is 0.295 e. The Kier molecular flexibility index (Phi) is 8.25. The molecule has 1 saturated heterocycles. The van der Waals surface area contributed by atoms with Crippen molar-refractivity contribution in [3.63, 3.8) is 0 Å². The SMILES string of the molecule is CCOc1ccc(/C(O)=C2\C(=O)C(=O)N(CCN(C)C)C2c2ccc(OCc3ccccc3)cc2)cc1. The maximum Gasteiger partial charge on any atom is 0.295 e. The van der Waals surface area contributed by atoms with Gasteiger partial charge < -0.3 is 24.4 Å². The lowest BCUT2D eigenvalue weighted by Gasteiger charge is -2.26. The van der Waals surface area contributed by atoms with E-state index >= 15 is 0 Å². The lowest BCUT2D eigenvalue weighted by atomic mass is 9.95. The first-order valence-electron chi connectivity index (χ1n) is 12.3. The Morgan fingerprint density at radius 3 is 2.14 bits per heavy atom. The predicted molar refractivity (Wildman–Crippen MR) is 142 cm³/mol. The van der Waals surface area contributed by atoms with Crippen molar-refractivity contribution in [1.82, 2.24) is 9.80 Å². The van der Waals surface area contributed by atoms with Gasteiger partial charge in [0, 0.05) is 18.7 Å². The second-order valence-corrected chi connectivity index (χ2v) is 9.10. The zero-order valence-corrected chi connectivity index (χ0v) is 21.4. The minimum Gasteiger partial charge on any atom is -0.507 e. The van der Waals surface area contributed by atoms with Crippen molar-refractivity contribution in [2.24, 2.45) is 0 Å². The fraction of sp³-hybridized carbons (Fsp3) is 0.267. The summed E-state index contributed by atoms with van der Waals surface area (Å²) >= 11 is 0. The third kappa shape index (κ3) is 6.01. The Bertz CT molecular complexity index is 1250. The molecule has 7 heteroatoms. The highest BCUT2D eigenvalue weighted by atomic mass is 16.5. The molecule has 4 rings (SSSR count). The number of ether oxygens (including phenoxy) is 2. The molecule has 1 amide bonds. The molecule has 1 aliphatic heterocycles. The minimum absolute atomic E-state index is 0.0749. The van der Waals surface area contributed by atoms with Crippen molar-refractivity contribution in [2.45, 2.75) is 19.6 Å². The number of carbonyl (C=O) groups is 2. The zero-order chi connectivity index (χ0) is 26.4. The van der Waals surface area contributed by atoms with Gasteiger partial charge in [0.1, 0.15) is 23.9 Å². The third-order valence-electron chi connectivity index (χ3n) is 6.21. The van der Waals surface area contributed by atoms with Gasteiger partial charge in [-0.15, -0.1) is 0 Å². The summed E-state index contributed by atoms with van der Waals surface area (Å²) in [5.74, 6) is -0.191. The largest absolute Gasteiger partial charge is 0.507 e. The van der Waals surface area contributed by atoms with E-state index in [1.54, 1.807) is 24.3 Å². The Morgan fingerprint density at radius 1 is 0.892 bits per heavy atom. The van der Waals surface area contributed by atoms with Crippen molar-refractivity contribution in [1.29, 1.82) is 0 Å². The molecule has 1 heterocycles. The summed E-state index contributed by atoms with van der Waals surface area (Å²) in [5.41, 5.74) is 2.30. The second kappa shape index (κ2) is 11.8. The zero-order valence-electron chi connectivity index (χ0n) is 21.4. The lowest BCUT2D eigenvalue weighted by molar-refractivity contribution is -0.140. The molecule has 1 atom stereocenters. The van der Waals surface area contributed by atoms with Gasteiger partial charge in [-0.25, -0.2) is 0 Å². The van der Waals surface area contributed by atoms with Crippen molar-refractivity contribution < 1.29 is 24.2 Å². The number of aliphatic hydroxyl groups excluding tert-OH is 1. The quantitative estimate of drug-likeness (QED) is 0.248. The highest BCUT2D eigenvalue weighted by Crippen LogP contribution is 2.40. The summed E-state index contributed by atoms with van der Waals surface area (Å²) in [7, 11) is 3.81. The number of benzene rings is 3. The Hall–Kier alpha value is -4.10. The Labute approximate surface area is 217 Å². The number of hydrogen-bond donors (Lipinski definition) is 1. The highest BCUT2D eigenvalue weighted by Gasteiger charge is 2.45. The van der Waals surface area contributed by atoms with Gasteiger partial charge in [0.2, 0.25) is 0 Å². The maximum absolute atomic E-state index is 13.2. The molecule has 3 aromatic carbocycles. The van der Waals surface area contributed by atoms with E-state index in [1.165, 1.54) is 4.90 Å². The van der Waals surface area contributed by atoms with Crippen LogP contribution in [0.25, 0.3) is 5.76 Å². The van der Waals surface area contributed by atoms with Crippen LogP contribution >= 0.6 is 0 Å². The maximum atomic E-state index is 13.2. The molecule has 1 fully saturated rings. The van der Waals surface area contributed by atoms with Crippen LogP contribution in [0, 0.1) is 0 Å². The molecule has 1 unspecified atom stereocenters. The molecule has 0 spiro atoms. The van der Waals surface area contributed by atoms with Crippen LogP contribution in [-0.2, 0) is 16.2 Å². The molecule has 0 bridgehead atoms. The first-order chi connectivity index (χ1) is 17.9. The summed E-state index contributed by atoms with van der Waals surface area (Å²) in [4.78, 5) is 29.7. The van der Waals surface area contributed by atoms with Crippen LogP contribution in [0.1, 0.15) is 29.7 Å². The highest BCUT2D eigenvalue weighted by molar-refractivity contribution is 6.46.